The summed E-state index contributed by atoms with van der Waals surface area (Å²) in [6.07, 6.45) is 0.597. The van der Waals surface area contributed by atoms with Crippen molar-refractivity contribution >= 4 is 11.6 Å². The first kappa shape index (κ1) is 15.9. The molecule has 4 rings (SSSR count). The fraction of sp³-hybridized carbons (Fsp3) is 0.316. The molecule has 130 valence electrons. The van der Waals surface area contributed by atoms with Crippen LogP contribution < -0.4 is 20.1 Å². The summed E-state index contributed by atoms with van der Waals surface area (Å²) in [5.74, 6) is 0.848. The highest BCUT2D eigenvalue weighted by Gasteiger charge is 2.55. The zero-order valence-corrected chi connectivity index (χ0v) is 14.1. The Labute approximate surface area is 145 Å². The van der Waals surface area contributed by atoms with E-state index in [1.807, 2.05) is 12.1 Å². The predicted octanol–water partition coefficient (Wildman–Crippen LogP) is 2.77. The summed E-state index contributed by atoms with van der Waals surface area (Å²) in [5, 5.41) is 6.31. The van der Waals surface area contributed by atoms with E-state index in [0.29, 0.717) is 35.7 Å². The monoisotopic (exact) mass is 342 g/mol. The third kappa shape index (κ3) is 2.28. The van der Waals surface area contributed by atoms with E-state index in [4.69, 9.17) is 9.47 Å². The normalized spacial score (nSPS) is 24.3. The number of hydrogen-bond acceptors (Lipinski definition) is 4. The topological polar surface area (TPSA) is 59.6 Å². The number of methoxy groups -OCH3 is 2. The van der Waals surface area contributed by atoms with Crippen LogP contribution >= 0.6 is 0 Å². The summed E-state index contributed by atoms with van der Waals surface area (Å²) < 4.78 is 24.6. The second kappa shape index (κ2) is 5.74. The highest BCUT2D eigenvalue weighted by molar-refractivity contribution is 6.07. The third-order valence-corrected chi connectivity index (χ3v) is 5.18. The molecule has 0 saturated carbocycles. The SMILES string of the molecule is COc1cc(OC)cc(C2NCCC23C(=O)Nc2ccc(F)cc23)c1. The number of benzene rings is 2. The van der Waals surface area contributed by atoms with Gasteiger partial charge in [-0.1, -0.05) is 0 Å². The maximum absolute atomic E-state index is 13.9. The summed E-state index contributed by atoms with van der Waals surface area (Å²) in [6.45, 7) is 0.660. The Morgan fingerprint density at radius 1 is 1.12 bits per heavy atom. The van der Waals surface area contributed by atoms with Crippen molar-refractivity contribution in [2.45, 2.75) is 17.9 Å². The molecular formula is C19H19FN2O3. The zero-order valence-electron chi connectivity index (χ0n) is 14.1. The first-order valence-corrected chi connectivity index (χ1v) is 8.16. The molecule has 5 nitrogen and oxygen atoms in total. The Bertz CT molecular complexity index is 832. The summed E-state index contributed by atoms with van der Waals surface area (Å²) >= 11 is 0. The number of rotatable bonds is 3. The van der Waals surface area contributed by atoms with Gasteiger partial charge in [-0.3, -0.25) is 4.79 Å². The average Bonchev–Trinajstić information content (AvgIpc) is 3.18. The molecule has 6 heteroatoms. The van der Waals surface area contributed by atoms with Crippen LogP contribution in [-0.4, -0.2) is 26.7 Å². The van der Waals surface area contributed by atoms with Crippen molar-refractivity contribution in [3.8, 4) is 11.5 Å². The van der Waals surface area contributed by atoms with E-state index in [9.17, 15) is 9.18 Å². The van der Waals surface area contributed by atoms with Crippen LogP contribution in [-0.2, 0) is 10.2 Å². The van der Waals surface area contributed by atoms with Gasteiger partial charge in [0.25, 0.3) is 0 Å². The van der Waals surface area contributed by atoms with Gasteiger partial charge in [-0.05, 0) is 54.4 Å². The molecule has 1 spiro atoms. The van der Waals surface area contributed by atoms with Crippen molar-refractivity contribution in [3.63, 3.8) is 0 Å². The van der Waals surface area contributed by atoms with Crippen molar-refractivity contribution in [3.05, 3.63) is 53.3 Å². The highest BCUT2D eigenvalue weighted by Crippen LogP contribution is 2.51. The van der Waals surface area contributed by atoms with Gasteiger partial charge in [0, 0.05) is 11.8 Å². The van der Waals surface area contributed by atoms with E-state index in [1.54, 1.807) is 26.4 Å². The van der Waals surface area contributed by atoms with Gasteiger partial charge in [0.05, 0.1) is 25.7 Å². The lowest BCUT2D eigenvalue weighted by Crippen LogP contribution is -2.39. The molecule has 2 aromatic rings. The Morgan fingerprint density at radius 3 is 2.52 bits per heavy atom. The van der Waals surface area contributed by atoms with Gasteiger partial charge in [0.15, 0.2) is 0 Å². The van der Waals surface area contributed by atoms with Crippen molar-refractivity contribution in [2.75, 3.05) is 26.1 Å². The summed E-state index contributed by atoms with van der Waals surface area (Å²) in [6, 6.07) is 9.72. The molecule has 0 radical (unpaired) electrons. The first-order valence-electron chi connectivity index (χ1n) is 8.16. The quantitative estimate of drug-likeness (QED) is 0.900. The van der Waals surface area contributed by atoms with Crippen LogP contribution in [0.15, 0.2) is 36.4 Å². The molecule has 2 N–H and O–H groups in total. The number of halogens is 1. The first-order chi connectivity index (χ1) is 12.1. The average molecular weight is 342 g/mol. The van der Waals surface area contributed by atoms with Crippen LogP contribution in [0.5, 0.6) is 11.5 Å². The lowest BCUT2D eigenvalue weighted by molar-refractivity contribution is -0.121. The molecular weight excluding hydrogens is 323 g/mol. The molecule has 2 heterocycles. The standard InChI is InChI=1S/C19H19FN2O3/c1-24-13-7-11(8-14(10-13)25-2)17-19(5-6-21-17)15-9-12(20)3-4-16(15)22-18(19)23/h3-4,7-10,17,21H,5-6H2,1-2H3,(H,22,23). The van der Waals surface area contributed by atoms with Gasteiger partial charge in [0.1, 0.15) is 17.3 Å². The van der Waals surface area contributed by atoms with Gasteiger partial charge >= 0.3 is 0 Å². The smallest absolute Gasteiger partial charge is 0.237 e. The molecule has 2 atom stereocenters. The molecule has 25 heavy (non-hydrogen) atoms. The second-order valence-corrected chi connectivity index (χ2v) is 6.40. The van der Waals surface area contributed by atoms with E-state index in [-0.39, 0.29) is 17.8 Å². The number of fused-ring (bicyclic) bond motifs is 2. The lowest BCUT2D eigenvalue weighted by atomic mass is 9.73. The van der Waals surface area contributed by atoms with E-state index < -0.39 is 5.41 Å². The van der Waals surface area contributed by atoms with Gasteiger partial charge in [-0.15, -0.1) is 0 Å². The maximum atomic E-state index is 13.9. The van der Waals surface area contributed by atoms with E-state index in [1.165, 1.54) is 12.1 Å². The fourth-order valence-electron chi connectivity index (χ4n) is 4.02. The fourth-order valence-corrected chi connectivity index (χ4v) is 4.02. The zero-order chi connectivity index (χ0) is 17.6. The van der Waals surface area contributed by atoms with Crippen LogP contribution in [0.1, 0.15) is 23.6 Å². The Hall–Kier alpha value is -2.60. The van der Waals surface area contributed by atoms with Crippen molar-refractivity contribution in [1.82, 2.24) is 5.32 Å². The molecule has 2 aliphatic heterocycles. The second-order valence-electron chi connectivity index (χ2n) is 6.40. The lowest BCUT2D eigenvalue weighted by Gasteiger charge is -2.30. The van der Waals surface area contributed by atoms with Crippen LogP contribution in [0.4, 0.5) is 10.1 Å². The van der Waals surface area contributed by atoms with Crippen LogP contribution in [0, 0.1) is 5.82 Å². The minimum absolute atomic E-state index is 0.107. The molecule has 2 aromatic carbocycles. The minimum atomic E-state index is -0.838. The number of ether oxygens (including phenoxy) is 2. The molecule has 0 bridgehead atoms. The van der Waals surface area contributed by atoms with Gasteiger partial charge in [0.2, 0.25) is 5.91 Å². The molecule has 1 saturated heterocycles. The number of carbonyl (C=O) groups excluding carboxylic acids is 1. The predicted molar refractivity (Wildman–Crippen MR) is 91.6 cm³/mol. The summed E-state index contributed by atoms with van der Waals surface area (Å²) in [7, 11) is 3.17. The van der Waals surface area contributed by atoms with Crippen LogP contribution in [0.3, 0.4) is 0 Å². The van der Waals surface area contributed by atoms with Crippen molar-refractivity contribution in [1.29, 1.82) is 0 Å². The van der Waals surface area contributed by atoms with Crippen LogP contribution in [0.2, 0.25) is 0 Å². The van der Waals surface area contributed by atoms with E-state index in [2.05, 4.69) is 10.6 Å². The number of nitrogens with one attached hydrogen (secondary N) is 2. The summed E-state index contributed by atoms with van der Waals surface area (Å²) in [4.78, 5) is 12.9. The molecule has 2 unspecified atom stereocenters. The van der Waals surface area contributed by atoms with E-state index >= 15 is 0 Å². The number of amides is 1. The van der Waals surface area contributed by atoms with Crippen molar-refractivity contribution < 1.29 is 18.7 Å². The molecule has 2 aliphatic rings. The minimum Gasteiger partial charge on any atom is -0.497 e. The maximum Gasteiger partial charge on any atom is 0.237 e. The van der Waals surface area contributed by atoms with Gasteiger partial charge < -0.3 is 20.1 Å². The van der Waals surface area contributed by atoms with Gasteiger partial charge in [-0.25, -0.2) is 4.39 Å². The van der Waals surface area contributed by atoms with E-state index in [0.717, 1.165) is 5.56 Å². The number of carbonyl (C=O) groups is 1. The highest BCUT2D eigenvalue weighted by atomic mass is 19.1. The molecule has 1 fully saturated rings. The Morgan fingerprint density at radius 2 is 1.84 bits per heavy atom. The Balaban J connectivity index is 1.87. The third-order valence-electron chi connectivity index (χ3n) is 5.18. The molecule has 0 aliphatic carbocycles. The number of hydrogen-bond donors (Lipinski definition) is 2. The van der Waals surface area contributed by atoms with Crippen molar-refractivity contribution in [2.24, 2.45) is 0 Å². The molecule has 0 aromatic heterocycles. The van der Waals surface area contributed by atoms with Gasteiger partial charge in [-0.2, -0.15) is 0 Å². The molecule has 1 amide bonds. The number of anilines is 1. The Kier molecular flexibility index (Phi) is 3.65. The van der Waals surface area contributed by atoms with Crippen LogP contribution in [0.25, 0.3) is 0 Å². The summed E-state index contributed by atoms with van der Waals surface area (Å²) in [5.41, 5.74) is 1.42. The largest absolute Gasteiger partial charge is 0.497 e.